The van der Waals surface area contributed by atoms with Gasteiger partial charge in [-0.15, -0.1) is 0 Å². The van der Waals surface area contributed by atoms with E-state index >= 15 is 0 Å². The Kier molecular flexibility index (Phi) is 5.17. The number of rotatable bonds is 4. The Balaban J connectivity index is 2.07. The lowest BCUT2D eigenvalue weighted by Gasteiger charge is -2.38. The van der Waals surface area contributed by atoms with E-state index in [0.29, 0.717) is 21.7 Å². The van der Waals surface area contributed by atoms with Crippen molar-refractivity contribution < 1.29 is 19.5 Å². The first-order valence-electron chi connectivity index (χ1n) is 8.84. The minimum absolute atomic E-state index is 0.0497. The van der Waals surface area contributed by atoms with Gasteiger partial charge in [-0.05, 0) is 50.6 Å². The molecule has 3 amide bonds. The molecule has 3 rings (SSSR count). The highest BCUT2D eigenvalue weighted by atomic mass is 35.5. The van der Waals surface area contributed by atoms with Gasteiger partial charge in [-0.2, -0.15) is 0 Å². The summed E-state index contributed by atoms with van der Waals surface area (Å²) < 4.78 is 0. The monoisotopic (exact) mass is 400 g/mol. The van der Waals surface area contributed by atoms with Gasteiger partial charge in [0.25, 0.3) is 11.8 Å². The predicted molar refractivity (Wildman–Crippen MR) is 106 cm³/mol. The summed E-state index contributed by atoms with van der Waals surface area (Å²) in [6.45, 7) is 5.25. The molecule has 0 bridgehead atoms. The van der Waals surface area contributed by atoms with Crippen LogP contribution in [0.2, 0.25) is 5.02 Å². The molecule has 7 heteroatoms. The molecule has 1 heterocycles. The lowest BCUT2D eigenvalue weighted by molar-refractivity contribution is 0.0457. The summed E-state index contributed by atoms with van der Waals surface area (Å²) in [5, 5.41) is 10.2. The van der Waals surface area contributed by atoms with Crippen LogP contribution in [-0.2, 0) is 0 Å². The van der Waals surface area contributed by atoms with E-state index in [1.165, 1.54) is 4.90 Å². The van der Waals surface area contributed by atoms with Crippen LogP contribution in [-0.4, -0.2) is 44.9 Å². The van der Waals surface area contributed by atoms with Gasteiger partial charge >= 0.3 is 6.09 Å². The van der Waals surface area contributed by atoms with Gasteiger partial charge in [0, 0.05) is 17.1 Å². The van der Waals surface area contributed by atoms with Crippen LogP contribution >= 0.6 is 11.6 Å². The van der Waals surface area contributed by atoms with Crippen molar-refractivity contribution >= 4 is 29.5 Å². The van der Waals surface area contributed by atoms with Crippen molar-refractivity contribution in [1.82, 2.24) is 9.80 Å². The Labute approximate surface area is 168 Å². The van der Waals surface area contributed by atoms with Gasteiger partial charge in [-0.1, -0.05) is 35.9 Å². The normalized spacial score (nSPS) is 14.8. The molecule has 2 aromatic carbocycles. The zero-order valence-electron chi connectivity index (χ0n) is 15.8. The second kappa shape index (κ2) is 7.28. The molecule has 2 aromatic rings. The molecule has 1 N–H and O–H groups in total. The quantitative estimate of drug-likeness (QED) is 0.769. The molecule has 146 valence electrons. The number of hydrogen-bond donors (Lipinski definition) is 1. The van der Waals surface area contributed by atoms with Crippen molar-refractivity contribution in [3.05, 3.63) is 70.2 Å². The Hall–Kier alpha value is -2.86. The summed E-state index contributed by atoms with van der Waals surface area (Å²) in [7, 11) is 0. The molecule has 0 aromatic heterocycles. The van der Waals surface area contributed by atoms with Crippen LogP contribution < -0.4 is 0 Å². The first-order chi connectivity index (χ1) is 13.1. The number of carboxylic acid groups (broad SMARTS) is 1. The molecule has 0 aliphatic carbocycles. The van der Waals surface area contributed by atoms with E-state index in [1.54, 1.807) is 69.3 Å². The molecule has 0 fully saturated rings. The number of hydrogen-bond acceptors (Lipinski definition) is 3. The van der Waals surface area contributed by atoms with Crippen LogP contribution in [0.1, 0.15) is 53.1 Å². The smallest absolute Gasteiger partial charge is 0.407 e. The lowest BCUT2D eigenvalue weighted by Crippen LogP contribution is -2.50. The van der Waals surface area contributed by atoms with Crippen molar-refractivity contribution in [3.8, 4) is 0 Å². The molecular weight excluding hydrogens is 380 g/mol. The third kappa shape index (κ3) is 3.60. The minimum Gasteiger partial charge on any atom is -0.465 e. The molecule has 28 heavy (non-hydrogen) atoms. The summed E-state index contributed by atoms with van der Waals surface area (Å²) in [5.41, 5.74) is 0.567. The van der Waals surface area contributed by atoms with E-state index < -0.39 is 29.5 Å². The van der Waals surface area contributed by atoms with Gasteiger partial charge in [0.2, 0.25) is 0 Å². The van der Waals surface area contributed by atoms with Crippen LogP contribution in [0.3, 0.4) is 0 Å². The number of nitrogens with zero attached hydrogens (tertiary/aromatic N) is 2. The second-order valence-electron chi connectivity index (χ2n) is 7.66. The maximum absolute atomic E-state index is 13.0. The number of carbonyl (C=O) groups excluding carboxylic acids is 2. The maximum Gasteiger partial charge on any atom is 0.407 e. The number of benzene rings is 2. The molecule has 0 radical (unpaired) electrons. The van der Waals surface area contributed by atoms with Gasteiger partial charge < -0.3 is 10.0 Å². The maximum atomic E-state index is 13.0. The lowest BCUT2D eigenvalue weighted by atomic mass is 10.0. The standard InChI is InChI=1S/C21H21ClN2O4/c1-21(2,3)23(20(27)28)12-17(13-8-10-14(22)11-9-13)24-18(25)15-6-4-5-7-16(15)19(24)26/h4-11,17H,12H2,1-3H3,(H,27,28). The third-order valence-electron chi connectivity index (χ3n) is 4.79. The summed E-state index contributed by atoms with van der Waals surface area (Å²) >= 11 is 5.98. The van der Waals surface area contributed by atoms with E-state index in [2.05, 4.69) is 0 Å². The molecule has 1 atom stereocenters. The van der Waals surface area contributed by atoms with Crippen molar-refractivity contribution in [2.24, 2.45) is 0 Å². The van der Waals surface area contributed by atoms with Crippen molar-refractivity contribution in [2.75, 3.05) is 6.54 Å². The topological polar surface area (TPSA) is 77.9 Å². The van der Waals surface area contributed by atoms with Crippen LogP contribution in [0.15, 0.2) is 48.5 Å². The SMILES string of the molecule is CC(C)(C)N(CC(c1ccc(Cl)cc1)N1C(=O)c2ccccc2C1=O)C(=O)O. The molecule has 6 nitrogen and oxygen atoms in total. The molecule has 0 saturated heterocycles. The van der Waals surface area contributed by atoms with Crippen LogP contribution in [0.5, 0.6) is 0 Å². The summed E-state index contributed by atoms with van der Waals surface area (Å²) in [4.78, 5) is 40.3. The number of halogens is 1. The molecule has 1 unspecified atom stereocenters. The number of fused-ring (bicyclic) bond motifs is 1. The number of imide groups is 1. The second-order valence-corrected chi connectivity index (χ2v) is 8.09. The van der Waals surface area contributed by atoms with Gasteiger partial charge in [0.15, 0.2) is 0 Å². The Bertz CT molecular complexity index is 899. The van der Waals surface area contributed by atoms with Gasteiger partial charge in [-0.3, -0.25) is 14.5 Å². The highest BCUT2D eigenvalue weighted by molar-refractivity contribution is 6.30. The summed E-state index contributed by atoms with van der Waals surface area (Å²) in [6.07, 6.45) is -1.12. The highest BCUT2D eigenvalue weighted by Crippen LogP contribution is 2.33. The average molecular weight is 401 g/mol. The van der Waals surface area contributed by atoms with Crippen molar-refractivity contribution in [2.45, 2.75) is 32.4 Å². The Morgan fingerprint density at radius 3 is 1.96 bits per heavy atom. The van der Waals surface area contributed by atoms with Gasteiger partial charge in [0.1, 0.15) is 0 Å². The zero-order valence-corrected chi connectivity index (χ0v) is 16.6. The van der Waals surface area contributed by atoms with Crippen molar-refractivity contribution in [1.29, 1.82) is 0 Å². The Morgan fingerprint density at radius 1 is 1.04 bits per heavy atom. The molecule has 1 aliphatic rings. The van der Waals surface area contributed by atoms with E-state index in [-0.39, 0.29) is 6.54 Å². The van der Waals surface area contributed by atoms with Crippen LogP contribution in [0.25, 0.3) is 0 Å². The van der Waals surface area contributed by atoms with Gasteiger partial charge in [0.05, 0.1) is 17.2 Å². The average Bonchev–Trinajstić information content (AvgIpc) is 2.87. The molecule has 0 saturated carbocycles. The van der Waals surface area contributed by atoms with Crippen LogP contribution in [0, 0.1) is 0 Å². The molecule has 1 aliphatic heterocycles. The highest BCUT2D eigenvalue weighted by Gasteiger charge is 2.42. The molecule has 0 spiro atoms. The minimum atomic E-state index is -1.12. The first kappa shape index (κ1) is 19.9. The van der Waals surface area contributed by atoms with E-state index in [4.69, 9.17) is 11.6 Å². The largest absolute Gasteiger partial charge is 0.465 e. The fourth-order valence-corrected chi connectivity index (χ4v) is 3.45. The van der Waals surface area contributed by atoms with Crippen molar-refractivity contribution in [3.63, 3.8) is 0 Å². The van der Waals surface area contributed by atoms with E-state index in [1.807, 2.05) is 0 Å². The molecular formula is C21H21ClN2O4. The van der Waals surface area contributed by atoms with Gasteiger partial charge in [-0.25, -0.2) is 4.79 Å². The van der Waals surface area contributed by atoms with E-state index in [9.17, 15) is 19.5 Å². The predicted octanol–water partition coefficient (Wildman–Crippen LogP) is 4.46. The van der Waals surface area contributed by atoms with Crippen LogP contribution in [0.4, 0.5) is 4.79 Å². The Morgan fingerprint density at radius 2 is 1.54 bits per heavy atom. The fraction of sp³-hybridized carbons (Fsp3) is 0.286. The summed E-state index contributed by atoms with van der Waals surface area (Å²) in [5.74, 6) is -0.861. The first-order valence-corrected chi connectivity index (χ1v) is 9.22. The number of carbonyl (C=O) groups is 3. The third-order valence-corrected chi connectivity index (χ3v) is 5.04. The summed E-state index contributed by atoms with van der Waals surface area (Å²) in [6, 6.07) is 12.6. The zero-order chi connectivity index (χ0) is 20.6. The van der Waals surface area contributed by atoms with E-state index in [0.717, 1.165) is 4.90 Å². The fourth-order valence-electron chi connectivity index (χ4n) is 3.32. The number of amides is 3.